The topological polar surface area (TPSA) is 12.0 Å². The van der Waals surface area contributed by atoms with E-state index in [1.165, 1.54) is 19.3 Å². The van der Waals surface area contributed by atoms with Gasteiger partial charge in [-0.15, -0.1) is 0 Å². The average molecular weight is 314 g/mol. The smallest absolute Gasteiger partial charge is 0.146 e. The first kappa shape index (κ1) is 18.4. The number of rotatable bonds is 10. The average Bonchev–Trinajstić information content (AvgIpc) is 2.50. The molecule has 0 heterocycles. The third kappa shape index (κ3) is 5.96. The van der Waals surface area contributed by atoms with E-state index in [0.29, 0.717) is 11.5 Å². The van der Waals surface area contributed by atoms with Crippen molar-refractivity contribution >= 4 is 11.6 Å². The Hall–Kier alpha value is -0.600. The molecule has 0 aliphatic rings. The van der Waals surface area contributed by atoms with Crippen molar-refractivity contribution in [3.63, 3.8) is 0 Å². The van der Waals surface area contributed by atoms with E-state index in [9.17, 15) is 4.39 Å². The van der Waals surface area contributed by atoms with Crippen molar-refractivity contribution in [2.45, 2.75) is 65.3 Å². The fraction of sp³-hybridized carbons (Fsp3) is 0.667. The zero-order valence-electron chi connectivity index (χ0n) is 13.6. The van der Waals surface area contributed by atoms with Crippen LogP contribution in [0.1, 0.15) is 70.9 Å². The second-order valence-corrected chi connectivity index (χ2v) is 6.21. The van der Waals surface area contributed by atoms with E-state index >= 15 is 0 Å². The lowest BCUT2D eigenvalue weighted by Crippen LogP contribution is -2.25. The van der Waals surface area contributed by atoms with Crippen LogP contribution in [0.5, 0.6) is 0 Å². The van der Waals surface area contributed by atoms with E-state index in [2.05, 4.69) is 26.1 Å². The van der Waals surface area contributed by atoms with Crippen LogP contribution in [0.15, 0.2) is 18.2 Å². The van der Waals surface area contributed by atoms with Gasteiger partial charge in [0.05, 0.1) is 5.02 Å². The van der Waals surface area contributed by atoms with E-state index in [0.717, 1.165) is 25.8 Å². The second kappa shape index (κ2) is 10.2. The van der Waals surface area contributed by atoms with Gasteiger partial charge in [-0.05, 0) is 31.4 Å². The van der Waals surface area contributed by atoms with Gasteiger partial charge >= 0.3 is 0 Å². The largest absolute Gasteiger partial charge is 0.310 e. The summed E-state index contributed by atoms with van der Waals surface area (Å²) in [5.41, 5.74) is 0.714. The summed E-state index contributed by atoms with van der Waals surface area (Å²) in [5, 5.41) is 3.72. The van der Waals surface area contributed by atoms with E-state index < -0.39 is 0 Å². The van der Waals surface area contributed by atoms with E-state index in [1.54, 1.807) is 6.07 Å². The lowest BCUT2D eigenvalue weighted by atomic mass is 9.89. The molecule has 1 N–H and O–H groups in total. The zero-order valence-corrected chi connectivity index (χ0v) is 14.3. The summed E-state index contributed by atoms with van der Waals surface area (Å²) in [4.78, 5) is 0. The van der Waals surface area contributed by atoms with E-state index in [1.807, 2.05) is 12.1 Å². The summed E-state index contributed by atoms with van der Waals surface area (Å²) in [6, 6.07) is 5.38. The van der Waals surface area contributed by atoms with Gasteiger partial charge < -0.3 is 5.32 Å². The molecule has 0 amide bonds. The molecule has 0 fully saturated rings. The van der Waals surface area contributed by atoms with Crippen molar-refractivity contribution in [1.29, 1.82) is 0 Å². The fourth-order valence-electron chi connectivity index (χ4n) is 2.74. The maximum Gasteiger partial charge on any atom is 0.146 e. The summed E-state index contributed by atoms with van der Waals surface area (Å²) in [7, 11) is 0. The number of halogens is 2. The van der Waals surface area contributed by atoms with Gasteiger partial charge in [-0.25, -0.2) is 4.39 Å². The lowest BCUT2D eigenvalue weighted by Gasteiger charge is -2.25. The Balaban J connectivity index is 2.85. The number of hydrogen-bond donors (Lipinski definition) is 1. The molecule has 1 aromatic carbocycles. The highest BCUT2D eigenvalue weighted by atomic mass is 35.5. The van der Waals surface area contributed by atoms with Crippen molar-refractivity contribution in [3.8, 4) is 0 Å². The summed E-state index contributed by atoms with van der Waals surface area (Å²) >= 11 is 5.94. The third-order valence-electron chi connectivity index (χ3n) is 4.11. The minimum absolute atomic E-state index is 0.0606. The quantitative estimate of drug-likeness (QED) is 0.548. The maximum atomic E-state index is 14.3. The molecule has 0 aliphatic carbocycles. The van der Waals surface area contributed by atoms with Crippen LogP contribution in [0, 0.1) is 11.7 Å². The molecule has 3 heteroatoms. The first-order valence-electron chi connectivity index (χ1n) is 8.31. The predicted octanol–water partition coefficient (Wildman–Crippen LogP) is 6.13. The molecule has 120 valence electrons. The van der Waals surface area contributed by atoms with Crippen LogP contribution in [0.4, 0.5) is 4.39 Å². The molecule has 21 heavy (non-hydrogen) atoms. The highest BCUT2D eigenvalue weighted by Crippen LogP contribution is 2.30. The van der Waals surface area contributed by atoms with Gasteiger partial charge in [-0.2, -0.15) is 0 Å². The Labute approximate surface area is 134 Å². The Bertz CT molecular complexity index is 408. The number of benzene rings is 1. The van der Waals surface area contributed by atoms with Crippen molar-refractivity contribution in [2.75, 3.05) is 6.54 Å². The molecule has 1 rings (SSSR count). The van der Waals surface area contributed by atoms with Crippen molar-refractivity contribution in [2.24, 2.45) is 5.92 Å². The minimum Gasteiger partial charge on any atom is -0.310 e. The monoisotopic (exact) mass is 313 g/mol. The van der Waals surface area contributed by atoms with Crippen molar-refractivity contribution in [1.82, 2.24) is 5.32 Å². The van der Waals surface area contributed by atoms with Crippen LogP contribution < -0.4 is 5.32 Å². The summed E-state index contributed by atoms with van der Waals surface area (Å²) in [6.45, 7) is 7.48. The number of unbranched alkanes of at least 4 members (excludes halogenated alkanes) is 1. The van der Waals surface area contributed by atoms with Crippen LogP contribution in [-0.2, 0) is 0 Å². The van der Waals surface area contributed by atoms with Gasteiger partial charge in [-0.3, -0.25) is 0 Å². The fourth-order valence-corrected chi connectivity index (χ4v) is 2.93. The molecule has 2 atom stereocenters. The third-order valence-corrected chi connectivity index (χ3v) is 4.40. The highest BCUT2D eigenvalue weighted by Gasteiger charge is 2.20. The zero-order chi connectivity index (χ0) is 15.7. The van der Waals surface area contributed by atoms with Gasteiger partial charge in [0.1, 0.15) is 5.82 Å². The molecule has 0 aliphatic heterocycles. The maximum absolute atomic E-state index is 14.3. The minimum atomic E-state index is -0.266. The first-order valence-corrected chi connectivity index (χ1v) is 8.69. The normalized spacial score (nSPS) is 14.1. The number of hydrogen-bond acceptors (Lipinski definition) is 1. The molecule has 0 aromatic heterocycles. The van der Waals surface area contributed by atoms with Crippen LogP contribution in [-0.4, -0.2) is 6.54 Å². The SMILES string of the molecule is CCCCC(CC)CC(NCCC)c1cccc(Cl)c1F. The number of nitrogens with one attached hydrogen (secondary N) is 1. The first-order chi connectivity index (χ1) is 10.1. The van der Waals surface area contributed by atoms with Crippen LogP contribution in [0.3, 0.4) is 0 Å². The second-order valence-electron chi connectivity index (χ2n) is 5.80. The standard InChI is InChI=1S/C18H29ClFN/c1-4-7-9-14(6-3)13-17(21-12-5-2)15-10-8-11-16(19)18(15)20/h8,10-11,14,17,21H,4-7,9,12-13H2,1-3H3. The van der Waals surface area contributed by atoms with Gasteiger partial charge in [0.2, 0.25) is 0 Å². The molecule has 0 radical (unpaired) electrons. The van der Waals surface area contributed by atoms with Crippen LogP contribution in [0.25, 0.3) is 0 Å². The molecular formula is C18H29ClFN. The van der Waals surface area contributed by atoms with E-state index in [-0.39, 0.29) is 16.9 Å². The Morgan fingerprint density at radius 3 is 2.57 bits per heavy atom. The van der Waals surface area contributed by atoms with Crippen LogP contribution >= 0.6 is 11.6 Å². The molecular weight excluding hydrogens is 285 g/mol. The Morgan fingerprint density at radius 1 is 1.19 bits per heavy atom. The van der Waals surface area contributed by atoms with Crippen molar-refractivity contribution in [3.05, 3.63) is 34.6 Å². The van der Waals surface area contributed by atoms with Gasteiger partial charge in [-0.1, -0.05) is 70.2 Å². The highest BCUT2D eigenvalue weighted by molar-refractivity contribution is 6.30. The molecule has 1 nitrogen and oxygen atoms in total. The van der Waals surface area contributed by atoms with Crippen molar-refractivity contribution < 1.29 is 4.39 Å². The molecule has 2 unspecified atom stereocenters. The predicted molar refractivity (Wildman–Crippen MR) is 90.4 cm³/mol. The van der Waals surface area contributed by atoms with Crippen LogP contribution in [0.2, 0.25) is 5.02 Å². The molecule has 0 saturated heterocycles. The Kier molecular flexibility index (Phi) is 8.94. The molecule has 1 aromatic rings. The molecule has 0 bridgehead atoms. The van der Waals surface area contributed by atoms with Gasteiger partial charge in [0.25, 0.3) is 0 Å². The van der Waals surface area contributed by atoms with E-state index in [4.69, 9.17) is 11.6 Å². The molecule has 0 saturated carbocycles. The Morgan fingerprint density at radius 2 is 1.95 bits per heavy atom. The lowest BCUT2D eigenvalue weighted by molar-refractivity contribution is 0.348. The summed E-state index contributed by atoms with van der Waals surface area (Å²) < 4.78 is 14.3. The van der Waals surface area contributed by atoms with Gasteiger partial charge in [0.15, 0.2) is 0 Å². The molecule has 0 spiro atoms. The summed E-state index contributed by atoms with van der Waals surface area (Å²) in [6.07, 6.45) is 6.86. The summed E-state index contributed by atoms with van der Waals surface area (Å²) in [5.74, 6) is 0.371. The van der Waals surface area contributed by atoms with Gasteiger partial charge in [0, 0.05) is 11.6 Å².